The molecule has 2 atom stereocenters. The van der Waals surface area contributed by atoms with Gasteiger partial charge in [0.05, 0.1) is 32.8 Å². The summed E-state index contributed by atoms with van der Waals surface area (Å²) in [6, 6.07) is 21.5. The van der Waals surface area contributed by atoms with E-state index < -0.39 is 47.3 Å². The number of halogens is 6. The van der Waals surface area contributed by atoms with Crippen molar-refractivity contribution >= 4 is 139 Å². The molecule has 0 radical (unpaired) electrons. The summed E-state index contributed by atoms with van der Waals surface area (Å²) >= 11 is 37.4. The lowest BCUT2D eigenvalue weighted by molar-refractivity contribution is -0.127. The zero-order valence-electron chi connectivity index (χ0n) is 32.3. The molecule has 0 aliphatic rings. The second-order valence-electron chi connectivity index (χ2n) is 13.1. The number of benzene rings is 5. The SMILES string of the molecule is CC(=O)C(N=Nc1cc(Cl)cc(C(=O)Nc2ccccc2CCl)c1)C(=O)Nc1ccc(NC(=O)C(N=Nc2cc(Cl)cc(C(=O)Nc3ccccc3CCl)c2)C(C)=O)c(Cl)c1Cl. The van der Waals surface area contributed by atoms with Crippen LogP contribution in [0, 0.1) is 0 Å². The molecule has 0 aromatic heterocycles. The van der Waals surface area contributed by atoms with Crippen LogP contribution in [0.5, 0.6) is 0 Å². The number of hydrogen-bond donors (Lipinski definition) is 4. The maximum absolute atomic E-state index is 13.3. The van der Waals surface area contributed by atoms with Crippen molar-refractivity contribution in [3.63, 3.8) is 0 Å². The minimum atomic E-state index is -1.67. The molecule has 5 aromatic rings. The predicted molar refractivity (Wildman–Crippen MR) is 242 cm³/mol. The Morgan fingerprint density at radius 3 is 1.23 bits per heavy atom. The van der Waals surface area contributed by atoms with Gasteiger partial charge in [0.15, 0.2) is 11.6 Å². The van der Waals surface area contributed by atoms with Crippen molar-refractivity contribution < 1.29 is 28.8 Å². The van der Waals surface area contributed by atoms with Gasteiger partial charge in [0.2, 0.25) is 12.1 Å². The second-order valence-corrected chi connectivity index (χ2v) is 15.3. The normalized spacial score (nSPS) is 12.1. The summed E-state index contributed by atoms with van der Waals surface area (Å²) in [7, 11) is 0. The molecule has 0 fully saturated rings. The number of para-hydroxylation sites is 2. The predicted octanol–water partition coefficient (Wildman–Crippen LogP) is 11.6. The van der Waals surface area contributed by atoms with Gasteiger partial charge in [-0.25, -0.2) is 0 Å². The smallest absolute Gasteiger partial charge is 0.258 e. The molecule has 5 aromatic carbocycles. The van der Waals surface area contributed by atoms with E-state index in [4.69, 9.17) is 69.6 Å². The molecule has 0 spiro atoms. The molecule has 318 valence electrons. The van der Waals surface area contributed by atoms with Gasteiger partial charge >= 0.3 is 0 Å². The summed E-state index contributed by atoms with van der Waals surface area (Å²) in [6.07, 6.45) is 0. The van der Waals surface area contributed by atoms with Crippen LogP contribution in [-0.2, 0) is 30.9 Å². The lowest BCUT2D eigenvalue weighted by Crippen LogP contribution is -2.32. The zero-order valence-corrected chi connectivity index (χ0v) is 36.8. The van der Waals surface area contributed by atoms with Crippen molar-refractivity contribution in [3.8, 4) is 0 Å². The molecule has 0 aliphatic carbocycles. The number of carbonyl (C=O) groups is 6. The van der Waals surface area contributed by atoms with Gasteiger partial charge in [0.1, 0.15) is 0 Å². The highest BCUT2D eigenvalue weighted by Crippen LogP contribution is 2.37. The average Bonchev–Trinajstić information content (AvgIpc) is 3.23. The minimum absolute atomic E-state index is 0.0604. The van der Waals surface area contributed by atoms with Crippen LogP contribution in [0.15, 0.2) is 118 Å². The van der Waals surface area contributed by atoms with Crippen molar-refractivity contribution in [1.82, 2.24) is 0 Å². The van der Waals surface area contributed by atoms with Crippen LogP contribution in [0.4, 0.5) is 34.1 Å². The van der Waals surface area contributed by atoms with Crippen molar-refractivity contribution in [1.29, 1.82) is 0 Å². The Morgan fingerprint density at radius 1 is 0.500 bits per heavy atom. The highest BCUT2D eigenvalue weighted by Gasteiger charge is 2.27. The Bertz CT molecular complexity index is 2460. The van der Waals surface area contributed by atoms with Crippen LogP contribution >= 0.6 is 69.6 Å². The van der Waals surface area contributed by atoms with Crippen molar-refractivity contribution in [2.45, 2.75) is 37.7 Å². The van der Waals surface area contributed by atoms with Gasteiger partial charge in [-0.2, -0.15) is 20.5 Å². The van der Waals surface area contributed by atoms with Gasteiger partial charge in [0.25, 0.3) is 23.6 Å². The molecule has 0 heterocycles. The van der Waals surface area contributed by atoms with E-state index in [0.29, 0.717) is 22.5 Å². The Morgan fingerprint density at radius 2 is 0.871 bits per heavy atom. The number of nitrogens with one attached hydrogen (secondary N) is 4. The Kier molecular flexibility index (Phi) is 16.7. The largest absolute Gasteiger partial charge is 0.322 e. The van der Waals surface area contributed by atoms with Crippen molar-refractivity contribution in [3.05, 3.63) is 139 Å². The standard InChI is InChI=1S/C42H32Cl6N8O6/c1-21(57)37(55-53-29-15-25(13-27(45)17-29)39(59)49-31-9-5-3-7-23(31)19-43)41(61)51-33-11-12-34(36(48)35(33)47)52-42(62)38(22(2)58)56-54-30-16-26(14-28(46)18-30)40(60)50-32-10-6-4-8-24(32)20-44/h3-18,37-38H,19-20H2,1-2H3,(H,49,59)(H,50,60)(H,51,61)(H,52,62). The first-order chi connectivity index (χ1) is 29.6. The van der Waals surface area contributed by atoms with E-state index >= 15 is 0 Å². The van der Waals surface area contributed by atoms with Gasteiger partial charge in [-0.15, -0.1) is 23.2 Å². The quantitative estimate of drug-likeness (QED) is 0.0431. The second kappa shape index (κ2) is 21.9. The number of nitrogens with zero attached hydrogens (tertiary/aromatic N) is 4. The maximum Gasteiger partial charge on any atom is 0.258 e. The number of hydrogen-bond acceptors (Lipinski definition) is 10. The number of ketones is 2. The number of alkyl halides is 2. The lowest BCUT2D eigenvalue weighted by Gasteiger charge is -2.15. The van der Waals surface area contributed by atoms with Crippen molar-refractivity contribution in [2.24, 2.45) is 20.5 Å². The summed E-state index contributed by atoms with van der Waals surface area (Å²) in [5.41, 5.74) is 2.65. The highest BCUT2D eigenvalue weighted by atomic mass is 35.5. The molecule has 4 amide bonds. The fraction of sp³-hybridized carbons (Fsp3) is 0.143. The number of amides is 4. The monoisotopic (exact) mass is 954 g/mol. The number of Topliss-reactive ketones (excluding diaryl/α,β-unsaturated/α-hetero) is 2. The molecule has 62 heavy (non-hydrogen) atoms. The molecular weight excluding hydrogens is 925 g/mol. The summed E-state index contributed by atoms with van der Waals surface area (Å²) in [4.78, 5) is 77.8. The number of carbonyl (C=O) groups excluding carboxylic acids is 6. The molecular formula is C42H32Cl6N8O6. The lowest BCUT2D eigenvalue weighted by atomic mass is 10.1. The van der Waals surface area contributed by atoms with Gasteiger partial charge in [-0.05, 0) is 85.6 Å². The first-order valence-corrected chi connectivity index (χ1v) is 20.6. The molecule has 0 aliphatic heterocycles. The molecule has 14 nitrogen and oxygen atoms in total. The average molecular weight is 957 g/mol. The third-order valence-electron chi connectivity index (χ3n) is 8.55. The summed E-state index contributed by atoms with van der Waals surface area (Å²) in [5, 5.41) is 26.1. The van der Waals surface area contributed by atoms with Crippen LogP contribution in [0.3, 0.4) is 0 Å². The molecule has 0 saturated heterocycles. The maximum atomic E-state index is 13.3. The van der Waals surface area contributed by atoms with E-state index in [0.717, 1.165) is 13.8 Å². The van der Waals surface area contributed by atoms with Gasteiger partial charge in [-0.3, -0.25) is 28.8 Å². The van der Waals surface area contributed by atoms with E-state index in [-0.39, 0.29) is 65.7 Å². The van der Waals surface area contributed by atoms with Crippen LogP contribution in [0.1, 0.15) is 45.7 Å². The number of azo groups is 2. The Labute approximate surface area is 384 Å². The van der Waals surface area contributed by atoms with E-state index in [1.165, 1.54) is 48.5 Å². The first-order valence-electron chi connectivity index (χ1n) is 18.0. The Balaban J connectivity index is 1.26. The number of anilines is 4. The number of rotatable bonds is 16. The van der Waals surface area contributed by atoms with E-state index in [9.17, 15) is 28.8 Å². The molecule has 5 rings (SSSR count). The summed E-state index contributed by atoms with van der Waals surface area (Å²) in [6.45, 7) is 2.24. The third kappa shape index (κ3) is 12.4. The van der Waals surface area contributed by atoms with E-state index in [1.54, 1.807) is 48.5 Å². The van der Waals surface area contributed by atoms with E-state index in [2.05, 4.69) is 41.7 Å². The minimum Gasteiger partial charge on any atom is -0.322 e. The van der Waals surface area contributed by atoms with Crippen LogP contribution in [0.25, 0.3) is 0 Å². The molecule has 0 saturated carbocycles. The highest BCUT2D eigenvalue weighted by molar-refractivity contribution is 6.46. The van der Waals surface area contributed by atoms with Crippen LogP contribution < -0.4 is 21.3 Å². The molecule has 20 heteroatoms. The third-order valence-corrected chi connectivity index (χ3v) is 10.4. The zero-order chi connectivity index (χ0) is 45.1. The van der Waals surface area contributed by atoms with Crippen LogP contribution in [0.2, 0.25) is 20.1 Å². The fourth-order valence-electron chi connectivity index (χ4n) is 5.46. The molecule has 4 N–H and O–H groups in total. The Hall–Kier alpha value is -5.74. The van der Waals surface area contributed by atoms with Crippen molar-refractivity contribution in [2.75, 3.05) is 21.3 Å². The molecule has 0 bridgehead atoms. The molecule has 2 unspecified atom stereocenters. The fourth-order valence-corrected chi connectivity index (χ4v) is 6.81. The summed E-state index contributed by atoms with van der Waals surface area (Å²) < 4.78 is 0. The topological polar surface area (TPSA) is 200 Å². The van der Waals surface area contributed by atoms with Gasteiger partial charge < -0.3 is 21.3 Å². The first kappa shape index (κ1) is 47.3. The van der Waals surface area contributed by atoms with E-state index in [1.807, 2.05) is 0 Å². The van der Waals surface area contributed by atoms with Gasteiger partial charge in [-0.1, -0.05) is 82.8 Å². The van der Waals surface area contributed by atoms with Crippen LogP contribution in [-0.4, -0.2) is 47.3 Å². The van der Waals surface area contributed by atoms with Gasteiger partial charge in [0, 0.05) is 44.3 Å². The summed E-state index contributed by atoms with van der Waals surface area (Å²) in [5.74, 6) is -3.96.